The molecule has 0 saturated carbocycles. The Labute approximate surface area is 263 Å². The molecule has 0 fully saturated rings. The quantitative estimate of drug-likeness (QED) is 0.240. The zero-order chi connectivity index (χ0) is 31.5. The average molecular weight is 619 g/mol. The van der Waals surface area contributed by atoms with Gasteiger partial charge in [-0.3, -0.25) is 14.4 Å². The fourth-order valence-electron chi connectivity index (χ4n) is 5.18. The van der Waals surface area contributed by atoms with Gasteiger partial charge < -0.3 is 31.1 Å². The molecule has 2 aliphatic rings. The van der Waals surface area contributed by atoms with Crippen molar-refractivity contribution >= 4 is 35.2 Å². The second kappa shape index (κ2) is 16.2. The van der Waals surface area contributed by atoms with Crippen LogP contribution in [0.25, 0.3) is 0 Å². The molecule has 0 spiro atoms. The molecular formula is C34H42N4O5S. The Morgan fingerprint density at radius 1 is 1.02 bits per heavy atom. The largest absolute Gasteiger partial charge is 0.493 e. The molecule has 10 heteroatoms. The molecule has 9 nitrogen and oxygen atoms in total. The van der Waals surface area contributed by atoms with Crippen LogP contribution >= 0.6 is 11.8 Å². The van der Waals surface area contributed by atoms with Crippen molar-refractivity contribution in [3.05, 3.63) is 95.1 Å². The number of carbonyl (C=O) groups excluding carboxylic acids is 3. The highest BCUT2D eigenvalue weighted by molar-refractivity contribution is 7.99. The normalized spacial score (nSPS) is 14.5. The molecule has 44 heavy (non-hydrogen) atoms. The number of anilines is 1. The summed E-state index contributed by atoms with van der Waals surface area (Å²) in [6.45, 7) is 5.28. The number of aryl methyl sites for hydroxylation is 1. The summed E-state index contributed by atoms with van der Waals surface area (Å²) in [6, 6.07) is 22.2. The minimum absolute atomic E-state index is 0.209. The summed E-state index contributed by atoms with van der Waals surface area (Å²) in [7, 11) is 0. The van der Waals surface area contributed by atoms with E-state index in [0.717, 1.165) is 48.6 Å². The van der Waals surface area contributed by atoms with E-state index in [4.69, 9.17) is 10.5 Å². The smallest absolute Gasteiger partial charge is 0.254 e. The monoisotopic (exact) mass is 618 g/mol. The predicted molar refractivity (Wildman–Crippen MR) is 175 cm³/mol. The highest BCUT2D eigenvalue weighted by Gasteiger charge is 2.33. The molecule has 0 radical (unpaired) electrons. The van der Waals surface area contributed by atoms with Crippen molar-refractivity contribution in [3.8, 4) is 5.75 Å². The third-order valence-electron chi connectivity index (χ3n) is 7.40. The van der Waals surface area contributed by atoms with Gasteiger partial charge in [-0.1, -0.05) is 68.4 Å². The maximum absolute atomic E-state index is 13.2. The molecule has 3 aromatic carbocycles. The first-order valence-electron chi connectivity index (χ1n) is 15.0. The summed E-state index contributed by atoms with van der Waals surface area (Å²) < 4.78 is 5.42. The molecule has 0 aliphatic carbocycles. The Morgan fingerprint density at radius 2 is 1.77 bits per heavy atom. The number of nitrogens with one attached hydrogen (secondary N) is 2. The Kier molecular flexibility index (Phi) is 12.1. The van der Waals surface area contributed by atoms with E-state index < -0.39 is 24.0 Å². The van der Waals surface area contributed by atoms with Gasteiger partial charge in [0.1, 0.15) is 12.3 Å². The summed E-state index contributed by atoms with van der Waals surface area (Å²) in [5.74, 6) is -0.380. The number of rotatable bonds is 11. The summed E-state index contributed by atoms with van der Waals surface area (Å²) >= 11 is 1.46. The molecule has 5 N–H and O–H groups in total. The number of thioether (sulfide) groups is 1. The second-order valence-corrected chi connectivity index (χ2v) is 12.7. The number of hydrogen-bond donors (Lipinski definition) is 4. The van der Waals surface area contributed by atoms with Gasteiger partial charge in [-0.05, 0) is 60.6 Å². The first-order chi connectivity index (χ1) is 21.2. The van der Waals surface area contributed by atoms with E-state index in [2.05, 4.69) is 22.8 Å². The second-order valence-electron chi connectivity index (χ2n) is 11.1. The van der Waals surface area contributed by atoms with Crippen molar-refractivity contribution in [2.75, 3.05) is 30.9 Å². The van der Waals surface area contributed by atoms with Gasteiger partial charge in [-0.2, -0.15) is 0 Å². The van der Waals surface area contributed by atoms with E-state index in [-0.39, 0.29) is 30.0 Å². The highest BCUT2D eigenvalue weighted by Crippen LogP contribution is 2.26. The minimum atomic E-state index is -1.55. The highest BCUT2D eigenvalue weighted by atomic mass is 32.2. The van der Waals surface area contributed by atoms with E-state index in [0.29, 0.717) is 5.56 Å². The Morgan fingerprint density at radius 3 is 2.50 bits per heavy atom. The molecule has 0 unspecified atom stereocenters. The number of hydrogen-bond acceptors (Lipinski definition) is 7. The predicted octanol–water partition coefficient (Wildman–Crippen LogP) is 3.78. The van der Waals surface area contributed by atoms with Gasteiger partial charge in [0.25, 0.3) is 11.8 Å². The summed E-state index contributed by atoms with van der Waals surface area (Å²) in [4.78, 5) is 39.3. The van der Waals surface area contributed by atoms with Crippen LogP contribution in [0.4, 0.5) is 5.69 Å². The van der Waals surface area contributed by atoms with Crippen LogP contribution in [0.5, 0.6) is 5.75 Å². The number of ether oxygens (including phenoxy) is 1. The van der Waals surface area contributed by atoms with E-state index >= 15 is 0 Å². The topological polar surface area (TPSA) is 134 Å². The lowest BCUT2D eigenvalue weighted by Gasteiger charge is -2.29. The first-order valence-corrected chi connectivity index (χ1v) is 16.1. The number of para-hydroxylation sites is 1. The zero-order valence-corrected chi connectivity index (χ0v) is 26.1. The number of primary amides is 1. The van der Waals surface area contributed by atoms with E-state index in [9.17, 15) is 19.5 Å². The van der Waals surface area contributed by atoms with Crippen molar-refractivity contribution in [2.24, 2.45) is 5.73 Å². The molecule has 3 amide bonds. The molecule has 2 heterocycles. The van der Waals surface area contributed by atoms with Crippen LogP contribution in [0.15, 0.2) is 72.8 Å². The summed E-state index contributed by atoms with van der Waals surface area (Å²) in [5, 5.41) is 17.4. The average Bonchev–Trinajstić information content (AvgIpc) is 3.52. The SMILES string of the molecule is CC(C)SCN(CC(N)=O)C(=O)[C@@H](O)[C@H](Cc1ccccc1)NC(=O)c1cccc2c1CCN2.c1ccc2c(c1)CCCO2. The molecule has 0 saturated heterocycles. The number of aliphatic hydroxyl groups excluding tert-OH is 1. The lowest BCUT2D eigenvalue weighted by molar-refractivity contribution is -0.142. The number of nitrogens with zero attached hydrogens (tertiary/aromatic N) is 1. The standard InChI is InChI=1S/C25H32N4O4S.C9H10O/c1-16(2)34-15-29(14-22(26)30)25(33)23(31)21(13-17-7-4-3-5-8-17)28-24(32)19-9-6-10-20-18(19)11-12-27-20;1-2-6-9-8(4-1)5-3-7-10-9/h3-10,16,21,23,27,31H,11-15H2,1-2H3,(H2,26,30)(H,28,32);1-2,4,6H,3,5,7H2/t21-,23-;/m0./s1. The van der Waals surface area contributed by atoms with Gasteiger partial charge in [0.05, 0.1) is 18.5 Å². The molecule has 3 aromatic rings. The summed E-state index contributed by atoms with van der Waals surface area (Å²) in [5.41, 5.74) is 9.92. The number of aliphatic hydroxyl groups is 1. The van der Waals surface area contributed by atoms with Crippen LogP contribution in [-0.4, -0.2) is 70.7 Å². The number of fused-ring (bicyclic) bond motifs is 2. The molecule has 0 bridgehead atoms. The lowest BCUT2D eigenvalue weighted by atomic mass is 9.98. The molecule has 234 valence electrons. The third-order valence-corrected chi connectivity index (χ3v) is 8.53. The van der Waals surface area contributed by atoms with Gasteiger partial charge in [-0.25, -0.2) is 0 Å². The number of amides is 3. The molecule has 2 aliphatic heterocycles. The van der Waals surface area contributed by atoms with Crippen LogP contribution in [0.2, 0.25) is 0 Å². The zero-order valence-electron chi connectivity index (χ0n) is 25.3. The van der Waals surface area contributed by atoms with Crippen molar-refractivity contribution < 1.29 is 24.2 Å². The van der Waals surface area contributed by atoms with Crippen molar-refractivity contribution in [1.29, 1.82) is 0 Å². The Bertz CT molecular complexity index is 1390. The van der Waals surface area contributed by atoms with E-state index in [1.54, 1.807) is 12.1 Å². The minimum Gasteiger partial charge on any atom is -0.493 e. The molecular weight excluding hydrogens is 576 g/mol. The maximum atomic E-state index is 13.2. The fourth-order valence-corrected chi connectivity index (χ4v) is 5.88. The Hall–Kier alpha value is -4.02. The first kappa shape index (κ1) is 32.9. The van der Waals surface area contributed by atoms with E-state index in [1.165, 1.54) is 28.6 Å². The van der Waals surface area contributed by atoms with Gasteiger partial charge in [0, 0.05) is 23.0 Å². The van der Waals surface area contributed by atoms with Crippen molar-refractivity contribution in [1.82, 2.24) is 10.2 Å². The Balaban J connectivity index is 0.000000369. The van der Waals surface area contributed by atoms with Gasteiger partial charge in [0.2, 0.25) is 5.91 Å². The van der Waals surface area contributed by atoms with Crippen LogP contribution in [0, 0.1) is 0 Å². The summed E-state index contributed by atoms with van der Waals surface area (Å²) in [6.07, 6.45) is 1.76. The fraction of sp³-hybridized carbons (Fsp3) is 0.382. The van der Waals surface area contributed by atoms with Gasteiger partial charge in [-0.15, -0.1) is 11.8 Å². The molecule has 0 aromatic heterocycles. The van der Waals surface area contributed by atoms with Gasteiger partial charge in [0.15, 0.2) is 6.10 Å². The third kappa shape index (κ3) is 9.24. The molecule has 2 atom stereocenters. The van der Waals surface area contributed by atoms with Gasteiger partial charge >= 0.3 is 0 Å². The van der Waals surface area contributed by atoms with Crippen LogP contribution < -0.4 is 21.1 Å². The number of nitrogens with two attached hydrogens (primary N) is 1. The number of carbonyl (C=O) groups is 3. The van der Waals surface area contributed by atoms with Crippen molar-refractivity contribution in [3.63, 3.8) is 0 Å². The van der Waals surface area contributed by atoms with Crippen LogP contribution in [0.3, 0.4) is 0 Å². The number of benzene rings is 3. The maximum Gasteiger partial charge on any atom is 0.254 e. The van der Waals surface area contributed by atoms with Crippen LogP contribution in [0.1, 0.15) is 47.3 Å². The van der Waals surface area contributed by atoms with Crippen LogP contribution in [-0.2, 0) is 28.9 Å². The lowest BCUT2D eigenvalue weighted by Crippen LogP contribution is -2.54. The van der Waals surface area contributed by atoms with E-state index in [1.807, 2.05) is 62.4 Å². The van der Waals surface area contributed by atoms with Crippen molar-refractivity contribution in [2.45, 2.75) is 56.9 Å². The molecule has 5 rings (SSSR count).